The molecule has 0 fully saturated rings. The average molecular weight is 470 g/mol. The van der Waals surface area contributed by atoms with Gasteiger partial charge in [-0.2, -0.15) is 0 Å². The fourth-order valence-corrected chi connectivity index (χ4v) is 7.05. The van der Waals surface area contributed by atoms with Crippen LogP contribution in [0.1, 0.15) is 0 Å². The smallest absolute Gasteiger partial charge is 0.0703 e. The van der Waals surface area contributed by atoms with E-state index in [-0.39, 0.29) is 0 Å². The molecule has 170 valence electrons. The topological polar surface area (TPSA) is 24.6 Å². The number of nitrogens with zero attached hydrogens (tertiary/aromatic N) is 2. The van der Waals surface area contributed by atoms with E-state index in [0.717, 1.165) is 0 Å². The van der Waals surface area contributed by atoms with E-state index in [2.05, 4.69) is 123 Å². The van der Waals surface area contributed by atoms with Crippen molar-refractivity contribution in [2.45, 2.75) is 0 Å². The van der Waals surface area contributed by atoms with Gasteiger partial charge in [0.2, 0.25) is 0 Å². The Bertz CT molecular complexity index is 2570. The Balaban J connectivity index is 1.62. The van der Waals surface area contributed by atoms with Gasteiger partial charge in [0.25, 0.3) is 0 Å². The minimum Gasteiger partial charge on any atom is -0.354 e. The molecule has 0 aliphatic rings. The molecule has 3 nitrogen and oxygen atoms in total. The van der Waals surface area contributed by atoms with Gasteiger partial charge < -0.3 is 13.8 Å². The van der Waals surface area contributed by atoms with Crippen molar-refractivity contribution in [2.75, 3.05) is 0 Å². The van der Waals surface area contributed by atoms with Crippen LogP contribution in [0.25, 0.3) is 87.2 Å². The lowest BCUT2D eigenvalue weighted by Crippen LogP contribution is -1.87. The fraction of sp³-hybridized carbons (Fsp3) is 0. The zero-order valence-electron chi connectivity index (χ0n) is 19.8. The largest absolute Gasteiger partial charge is 0.354 e. The second-order valence-electron chi connectivity index (χ2n) is 10.3. The number of para-hydroxylation sites is 4. The molecule has 1 N–H and O–H groups in total. The molecule has 0 aliphatic carbocycles. The summed E-state index contributed by atoms with van der Waals surface area (Å²) in [7, 11) is 0. The molecule has 3 heteroatoms. The van der Waals surface area contributed by atoms with E-state index in [0.29, 0.717) is 0 Å². The third kappa shape index (κ3) is 2.00. The van der Waals surface area contributed by atoms with Gasteiger partial charge in [-0.05, 0) is 41.8 Å². The van der Waals surface area contributed by atoms with Crippen LogP contribution in [0.15, 0.2) is 109 Å². The number of rotatable bonds is 0. The molecule has 4 heterocycles. The fourth-order valence-electron chi connectivity index (χ4n) is 7.05. The third-order valence-corrected chi connectivity index (χ3v) is 8.53. The molecule has 0 aliphatic heterocycles. The first-order valence-electron chi connectivity index (χ1n) is 12.8. The van der Waals surface area contributed by atoms with Crippen LogP contribution in [0, 0.1) is 0 Å². The second-order valence-corrected chi connectivity index (χ2v) is 10.3. The van der Waals surface area contributed by atoms with Crippen LogP contribution >= 0.6 is 0 Å². The van der Waals surface area contributed by atoms with E-state index < -0.39 is 0 Å². The van der Waals surface area contributed by atoms with E-state index in [1.165, 1.54) is 87.2 Å². The Morgan fingerprint density at radius 3 is 1.81 bits per heavy atom. The number of hydrogen-bond donors (Lipinski definition) is 1. The highest BCUT2D eigenvalue weighted by Gasteiger charge is 2.21. The van der Waals surface area contributed by atoms with Crippen LogP contribution in [0.3, 0.4) is 0 Å². The summed E-state index contributed by atoms with van der Waals surface area (Å²) in [6, 6.07) is 40.3. The highest BCUT2D eigenvalue weighted by molar-refractivity contribution is 6.30. The molecule has 10 rings (SSSR count). The Labute approximate surface area is 210 Å². The zero-order chi connectivity index (χ0) is 23.8. The molecule has 0 saturated carbocycles. The minimum absolute atomic E-state index is 1.18. The number of H-pyrrole nitrogens is 1. The highest BCUT2D eigenvalue weighted by Crippen LogP contribution is 2.44. The maximum atomic E-state index is 3.66. The van der Waals surface area contributed by atoms with Crippen molar-refractivity contribution in [3.05, 3.63) is 109 Å². The first kappa shape index (κ1) is 18.3. The summed E-state index contributed by atoms with van der Waals surface area (Å²) in [5.41, 5.74) is 9.90. The molecular weight excluding hydrogens is 450 g/mol. The van der Waals surface area contributed by atoms with E-state index in [1.807, 2.05) is 0 Å². The third-order valence-electron chi connectivity index (χ3n) is 8.53. The minimum atomic E-state index is 1.18. The van der Waals surface area contributed by atoms with Gasteiger partial charge in [-0.3, -0.25) is 0 Å². The van der Waals surface area contributed by atoms with Crippen molar-refractivity contribution in [1.29, 1.82) is 0 Å². The maximum Gasteiger partial charge on any atom is 0.0703 e. The van der Waals surface area contributed by atoms with Gasteiger partial charge in [-0.1, -0.05) is 72.8 Å². The van der Waals surface area contributed by atoms with Crippen LogP contribution < -0.4 is 0 Å². The quantitative estimate of drug-likeness (QED) is 0.229. The SMILES string of the molecule is c1ccc2c(c1)[nH]c1cc3c4ccc5ccc6c7ccccc7n7c8ccccc8n(c3cc12)c4c5c67. The number of fused-ring (bicyclic) bond motifs is 12. The van der Waals surface area contributed by atoms with E-state index in [4.69, 9.17) is 0 Å². The highest BCUT2D eigenvalue weighted by atomic mass is 15.0. The van der Waals surface area contributed by atoms with Crippen LogP contribution in [0.2, 0.25) is 0 Å². The van der Waals surface area contributed by atoms with Gasteiger partial charge >= 0.3 is 0 Å². The molecule has 0 bridgehead atoms. The lowest BCUT2D eigenvalue weighted by Gasteiger charge is -2.04. The molecule has 4 aromatic heterocycles. The van der Waals surface area contributed by atoms with Gasteiger partial charge in [-0.15, -0.1) is 0 Å². The summed E-state index contributed by atoms with van der Waals surface area (Å²) in [4.78, 5) is 3.66. The van der Waals surface area contributed by atoms with Crippen LogP contribution in [0.5, 0.6) is 0 Å². The summed E-state index contributed by atoms with van der Waals surface area (Å²) < 4.78 is 5.01. The normalized spacial score (nSPS) is 12.9. The Morgan fingerprint density at radius 2 is 1.03 bits per heavy atom. The number of aromatic amines is 1. The molecular formula is C34H19N3. The standard InChI is InChI=1S/C34H19N3/c1-3-9-26-20(7-1)24-18-31-25(17-27(24)35-26)23-16-14-19-13-15-22-21-8-2-4-10-28(21)36-29-11-5-6-12-30(29)37(31)34(23)32(19)33(22)36/h1-18,35H. The zero-order valence-corrected chi connectivity index (χ0v) is 19.8. The van der Waals surface area contributed by atoms with E-state index in [9.17, 15) is 0 Å². The second kappa shape index (κ2) is 6.03. The van der Waals surface area contributed by atoms with E-state index in [1.54, 1.807) is 0 Å². The molecule has 10 aromatic rings. The molecule has 0 atom stereocenters. The van der Waals surface area contributed by atoms with Crippen molar-refractivity contribution in [3.63, 3.8) is 0 Å². The molecule has 0 saturated heterocycles. The average Bonchev–Trinajstić information content (AvgIpc) is 3.56. The summed E-state index contributed by atoms with van der Waals surface area (Å²) >= 11 is 0. The Kier molecular flexibility index (Phi) is 2.98. The summed E-state index contributed by atoms with van der Waals surface area (Å²) in [5, 5.41) is 10.3. The van der Waals surface area contributed by atoms with Gasteiger partial charge in [0.1, 0.15) is 0 Å². The van der Waals surface area contributed by atoms with Gasteiger partial charge in [0.15, 0.2) is 0 Å². The molecule has 0 unspecified atom stereocenters. The molecule has 37 heavy (non-hydrogen) atoms. The molecule has 0 spiro atoms. The lowest BCUT2D eigenvalue weighted by molar-refractivity contribution is 1.32. The molecule has 0 radical (unpaired) electrons. The van der Waals surface area contributed by atoms with Gasteiger partial charge in [0, 0.05) is 48.7 Å². The van der Waals surface area contributed by atoms with Gasteiger partial charge in [0.05, 0.1) is 33.1 Å². The van der Waals surface area contributed by atoms with Crippen molar-refractivity contribution in [2.24, 2.45) is 0 Å². The van der Waals surface area contributed by atoms with Crippen LogP contribution in [-0.2, 0) is 0 Å². The molecule has 6 aromatic carbocycles. The maximum absolute atomic E-state index is 3.66. The summed E-state index contributed by atoms with van der Waals surface area (Å²) in [5.74, 6) is 0. The predicted molar refractivity (Wildman–Crippen MR) is 156 cm³/mol. The van der Waals surface area contributed by atoms with Crippen LogP contribution in [-0.4, -0.2) is 13.8 Å². The number of aromatic nitrogens is 3. The predicted octanol–water partition coefficient (Wildman–Crippen LogP) is 9.03. The van der Waals surface area contributed by atoms with Gasteiger partial charge in [-0.25, -0.2) is 0 Å². The van der Waals surface area contributed by atoms with Crippen molar-refractivity contribution >= 4 is 87.2 Å². The first-order chi connectivity index (χ1) is 18.4. The first-order valence-corrected chi connectivity index (χ1v) is 12.8. The molecule has 0 amide bonds. The van der Waals surface area contributed by atoms with Crippen molar-refractivity contribution in [1.82, 2.24) is 13.8 Å². The number of benzene rings is 6. The summed E-state index contributed by atoms with van der Waals surface area (Å²) in [6.07, 6.45) is 0. The number of hydrogen-bond acceptors (Lipinski definition) is 0. The monoisotopic (exact) mass is 469 g/mol. The van der Waals surface area contributed by atoms with E-state index >= 15 is 0 Å². The van der Waals surface area contributed by atoms with Crippen molar-refractivity contribution in [3.8, 4) is 0 Å². The lowest BCUT2D eigenvalue weighted by atomic mass is 10.0. The Hall–Kier alpha value is -5.02. The number of nitrogens with one attached hydrogen (secondary N) is 1. The van der Waals surface area contributed by atoms with Crippen LogP contribution in [0.4, 0.5) is 0 Å². The Morgan fingerprint density at radius 1 is 0.405 bits per heavy atom. The van der Waals surface area contributed by atoms with Crippen molar-refractivity contribution < 1.29 is 0 Å². The summed E-state index contributed by atoms with van der Waals surface area (Å²) in [6.45, 7) is 0.